The van der Waals surface area contributed by atoms with Gasteiger partial charge in [0, 0.05) is 26.2 Å². The second kappa shape index (κ2) is 9.82. The van der Waals surface area contributed by atoms with Crippen LogP contribution in [-0.4, -0.2) is 61.5 Å². The number of hydrogen-bond acceptors (Lipinski definition) is 3. The van der Waals surface area contributed by atoms with E-state index in [0.29, 0.717) is 11.8 Å². The predicted octanol–water partition coefficient (Wildman–Crippen LogP) is 1.63. The smallest absolute Gasteiger partial charge is 0.227 e. The van der Waals surface area contributed by atoms with Gasteiger partial charge in [0.05, 0.1) is 5.92 Å². The largest absolute Gasteiger partial charge is 0.342 e. The van der Waals surface area contributed by atoms with Gasteiger partial charge in [-0.05, 0) is 38.4 Å². The highest BCUT2D eigenvalue weighted by atomic mass is 35.5. The highest BCUT2D eigenvalue weighted by Crippen LogP contribution is 2.21. The first-order valence-electron chi connectivity index (χ1n) is 7.46. The molecule has 0 aliphatic carbocycles. The Morgan fingerprint density at radius 2 is 1.95 bits per heavy atom. The van der Waals surface area contributed by atoms with Gasteiger partial charge < -0.3 is 15.1 Å². The molecule has 2 atom stereocenters. The van der Waals surface area contributed by atoms with E-state index in [1.807, 2.05) is 0 Å². The Morgan fingerprint density at radius 1 is 1.25 bits per heavy atom. The molecule has 4 nitrogen and oxygen atoms in total. The standard InChI is InChI=1S/C14H27N3O.2ClH/c1-3-16(4-2)10-12-6-8-17(11-12)14(18)13-5-7-15-9-13;;/h12-13,15H,3-11H2,1-2H3;2*1H. The number of halogens is 2. The average Bonchev–Trinajstić information content (AvgIpc) is 3.06. The fourth-order valence-corrected chi connectivity index (χ4v) is 3.15. The maximum Gasteiger partial charge on any atom is 0.227 e. The van der Waals surface area contributed by atoms with E-state index < -0.39 is 0 Å². The number of carbonyl (C=O) groups is 1. The third kappa shape index (κ3) is 5.06. The van der Waals surface area contributed by atoms with Crippen molar-refractivity contribution in [3.8, 4) is 0 Å². The summed E-state index contributed by atoms with van der Waals surface area (Å²) in [5.74, 6) is 1.32. The molecule has 2 unspecified atom stereocenters. The summed E-state index contributed by atoms with van der Waals surface area (Å²) in [7, 11) is 0. The van der Waals surface area contributed by atoms with Crippen LogP contribution in [-0.2, 0) is 4.79 Å². The third-order valence-corrected chi connectivity index (χ3v) is 4.42. The molecular formula is C14H29Cl2N3O. The van der Waals surface area contributed by atoms with E-state index in [0.717, 1.165) is 52.2 Å². The molecule has 0 spiro atoms. The van der Waals surface area contributed by atoms with E-state index in [4.69, 9.17) is 0 Å². The topological polar surface area (TPSA) is 35.6 Å². The lowest BCUT2D eigenvalue weighted by Gasteiger charge is -2.23. The van der Waals surface area contributed by atoms with Crippen LogP contribution in [0, 0.1) is 11.8 Å². The molecule has 2 aliphatic rings. The lowest BCUT2D eigenvalue weighted by Crippen LogP contribution is -2.37. The Kier molecular flexibility index (Phi) is 9.81. The molecule has 0 saturated carbocycles. The minimum Gasteiger partial charge on any atom is -0.342 e. The Labute approximate surface area is 135 Å². The quantitative estimate of drug-likeness (QED) is 0.834. The molecule has 120 valence electrons. The van der Waals surface area contributed by atoms with Crippen LogP contribution in [0.3, 0.4) is 0 Å². The van der Waals surface area contributed by atoms with Crippen molar-refractivity contribution in [2.24, 2.45) is 11.8 Å². The molecule has 1 N–H and O–H groups in total. The molecule has 2 saturated heterocycles. The normalized spacial score (nSPS) is 25.4. The van der Waals surface area contributed by atoms with Crippen LogP contribution in [0.1, 0.15) is 26.7 Å². The monoisotopic (exact) mass is 325 g/mol. The summed E-state index contributed by atoms with van der Waals surface area (Å²) in [6.45, 7) is 11.7. The predicted molar refractivity (Wildman–Crippen MR) is 87.9 cm³/mol. The van der Waals surface area contributed by atoms with Gasteiger partial charge in [0.2, 0.25) is 5.91 Å². The number of amides is 1. The number of nitrogens with zero attached hydrogens (tertiary/aromatic N) is 2. The minimum atomic E-state index is 0. The summed E-state index contributed by atoms with van der Waals surface area (Å²) in [6.07, 6.45) is 2.21. The zero-order chi connectivity index (χ0) is 13.0. The van der Waals surface area contributed by atoms with Crippen molar-refractivity contribution in [1.82, 2.24) is 15.1 Å². The van der Waals surface area contributed by atoms with Crippen molar-refractivity contribution in [2.45, 2.75) is 26.7 Å². The first-order chi connectivity index (χ1) is 8.74. The fourth-order valence-electron chi connectivity index (χ4n) is 3.15. The lowest BCUT2D eigenvalue weighted by molar-refractivity contribution is -0.133. The van der Waals surface area contributed by atoms with Crippen LogP contribution < -0.4 is 5.32 Å². The Morgan fingerprint density at radius 3 is 2.50 bits per heavy atom. The number of hydrogen-bond donors (Lipinski definition) is 1. The molecule has 0 aromatic rings. The van der Waals surface area contributed by atoms with Crippen LogP contribution in [0.25, 0.3) is 0 Å². The van der Waals surface area contributed by atoms with E-state index >= 15 is 0 Å². The molecule has 0 radical (unpaired) electrons. The maximum atomic E-state index is 12.3. The highest BCUT2D eigenvalue weighted by Gasteiger charge is 2.32. The molecule has 2 heterocycles. The summed E-state index contributed by atoms with van der Waals surface area (Å²) >= 11 is 0. The van der Waals surface area contributed by atoms with Crippen molar-refractivity contribution in [3.05, 3.63) is 0 Å². The van der Waals surface area contributed by atoms with Crippen molar-refractivity contribution in [3.63, 3.8) is 0 Å². The summed E-state index contributed by atoms with van der Waals surface area (Å²) in [5.41, 5.74) is 0. The second-order valence-corrected chi connectivity index (χ2v) is 5.61. The van der Waals surface area contributed by atoms with Crippen LogP contribution in [0.5, 0.6) is 0 Å². The maximum absolute atomic E-state index is 12.3. The molecule has 2 fully saturated rings. The molecule has 0 bridgehead atoms. The molecular weight excluding hydrogens is 297 g/mol. The summed E-state index contributed by atoms with van der Waals surface area (Å²) in [4.78, 5) is 16.9. The zero-order valence-electron chi connectivity index (χ0n) is 12.6. The average molecular weight is 326 g/mol. The Balaban J connectivity index is 0.00000180. The SMILES string of the molecule is CCN(CC)CC1CCN(C(=O)C2CCNC2)C1.Cl.Cl. The van der Waals surface area contributed by atoms with Crippen molar-refractivity contribution in [1.29, 1.82) is 0 Å². The zero-order valence-corrected chi connectivity index (χ0v) is 14.3. The number of likely N-dealkylation sites (tertiary alicyclic amines) is 1. The summed E-state index contributed by atoms with van der Waals surface area (Å²) in [6, 6.07) is 0. The molecule has 2 rings (SSSR count). The van der Waals surface area contributed by atoms with Crippen molar-refractivity contribution >= 4 is 30.7 Å². The van der Waals surface area contributed by atoms with Crippen molar-refractivity contribution in [2.75, 3.05) is 45.8 Å². The van der Waals surface area contributed by atoms with E-state index in [2.05, 4.69) is 29.0 Å². The number of carbonyl (C=O) groups excluding carboxylic acids is 1. The van der Waals surface area contributed by atoms with Crippen LogP contribution >= 0.6 is 24.8 Å². The molecule has 20 heavy (non-hydrogen) atoms. The van der Waals surface area contributed by atoms with Gasteiger partial charge in [0.1, 0.15) is 0 Å². The first kappa shape index (κ1) is 20.0. The lowest BCUT2D eigenvalue weighted by atomic mass is 10.1. The van der Waals surface area contributed by atoms with Gasteiger partial charge in [-0.3, -0.25) is 4.79 Å². The fraction of sp³-hybridized carbons (Fsp3) is 0.929. The molecule has 1 amide bonds. The van der Waals surface area contributed by atoms with Gasteiger partial charge in [0.15, 0.2) is 0 Å². The van der Waals surface area contributed by atoms with Crippen LogP contribution in [0.15, 0.2) is 0 Å². The first-order valence-corrected chi connectivity index (χ1v) is 7.46. The summed E-state index contributed by atoms with van der Waals surface area (Å²) < 4.78 is 0. The van der Waals surface area contributed by atoms with E-state index in [1.165, 1.54) is 6.42 Å². The molecule has 0 aromatic heterocycles. The van der Waals surface area contributed by atoms with Gasteiger partial charge in [-0.2, -0.15) is 0 Å². The van der Waals surface area contributed by atoms with E-state index in [9.17, 15) is 4.79 Å². The van der Waals surface area contributed by atoms with Gasteiger partial charge in [0.25, 0.3) is 0 Å². The van der Waals surface area contributed by atoms with Crippen LogP contribution in [0.2, 0.25) is 0 Å². The molecule has 0 aromatic carbocycles. The van der Waals surface area contributed by atoms with E-state index in [-0.39, 0.29) is 30.7 Å². The van der Waals surface area contributed by atoms with Gasteiger partial charge in [-0.25, -0.2) is 0 Å². The highest BCUT2D eigenvalue weighted by molar-refractivity contribution is 5.85. The van der Waals surface area contributed by atoms with Gasteiger partial charge in [-0.15, -0.1) is 24.8 Å². The third-order valence-electron chi connectivity index (χ3n) is 4.42. The van der Waals surface area contributed by atoms with Gasteiger partial charge in [-0.1, -0.05) is 13.8 Å². The van der Waals surface area contributed by atoms with Crippen LogP contribution in [0.4, 0.5) is 0 Å². The number of nitrogens with one attached hydrogen (secondary N) is 1. The number of rotatable bonds is 5. The Bertz CT molecular complexity index is 282. The second-order valence-electron chi connectivity index (χ2n) is 5.61. The molecule has 2 aliphatic heterocycles. The van der Waals surface area contributed by atoms with Crippen molar-refractivity contribution < 1.29 is 4.79 Å². The van der Waals surface area contributed by atoms with Gasteiger partial charge >= 0.3 is 0 Å². The molecule has 6 heteroatoms. The van der Waals surface area contributed by atoms with E-state index in [1.54, 1.807) is 0 Å². The Hall–Kier alpha value is -0.0300. The summed E-state index contributed by atoms with van der Waals surface area (Å²) in [5, 5.41) is 3.28. The minimum absolute atomic E-state index is 0.